The standard InChI is InChI=1S/C26H23BrN2O2S/c1-17-11-18(2)13-21(12-17)15-28-26-29-25(30)24(32-26)14-19-5-9-23(10-6-19)31-16-20-3-7-22(27)8-4-20/h3-14H,15-16H2,1-2H3,(H,28,29,30)/b24-14-. The Morgan fingerprint density at radius 2 is 1.66 bits per heavy atom. The number of aliphatic imine (C=N–C) groups is 1. The molecule has 1 N–H and O–H groups in total. The number of amides is 1. The summed E-state index contributed by atoms with van der Waals surface area (Å²) in [6.45, 7) is 5.20. The molecule has 1 fully saturated rings. The third-order valence-corrected chi connectivity index (χ3v) is 6.31. The molecule has 1 saturated heterocycles. The topological polar surface area (TPSA) is 50.7 Å². The zero-order valence-electron chi connectivity index (χ0n) is 17.9. The first-order valence-corrected chi connectivity index (χ1v) is 11.9. The lowest BCUT2D eigenvalue weighted by molar-refractivity contribution is -0.115. The molecule has 1 aliphatic rings. The second-order valence-corrected chi connectivity index (χ2v) is 9.61. The second-order valence-electron chi connectivity index (χ2n) is 7.67. The van der Waals surface area contributed by atoms with Crippen LogP contribution in [0.4, 0.5) is 0 Å². The Morgan fingerprint density at radius 1 is 0.969 bits per heavy atom. The number of thioether (sulfide) groups is 1. The minimum atomic E-state index is -0.121. The second kappa shape index (κ2) is 10.2. The third-order valence-electron chi connectivity index (χ3n) is 4.83. The van der Waals surface area contributed by atoms with Crippen molar-refractivity contribution in [3.63, 3.8) is 0 Å². The summed E-state index contributed by atoms with van der Waals surface area (Å²) in [7, 11) is 0. The highest BCUT2D eigenvalue weighted by atomic mass is 79.9. The van der Waals surface area contributed by atoms with Gasteiger partial charge in [-0.3, -0.25) is 9.79 Å². The minimum Gasteiger partial charge on any atom is -0.489 e. The number of ether oxygens (including phenoxy) is 1. The molecule has 1 heterocycles. The molecule has 0 spiro atoms. The molecule has 32 heavy (non-hydrogen) atoms. The van der Waals surface area contributed by atoms with Crippen LogP contribution < -0.4 is 10.1 Å². The number of hydrogen-bond donors (Lipinski definition) is 1. The lowest BCUT2D eigenvalue weighted by atomic mass is 10.1. The molecule has 0 unspecified atom stereocenters. The summed E-state index contributed by atoms with van der Waals surface area (Å²) in [6, 6.07) is 22.2. The highest BCUT2D eigenvalue weighted by molar-refractivity contribution is 9.10. The average Bonchev–Trinajstić information content (AvgIpc) is 3.11. The van der Waals surface area contributed by atoms with E-state index in [9.17, 15) is 4.79 Å². The van der Waals surface area contributed by atoms with Crippen LogP contribution in [0.15, 0.2) is 81.1 Å². The van der Waals surface area contributed by atoms with Crippen LogP contribution in [0, 0.1) is 13.8 Å². The van der Waals surface area contributed by atoms with Gasteiger partial charge in [0.2, 0.25) is 0 Å². The number of nitrogens with one attached hydrogen (secondary N) is 1. The molecule has 1 aliphatic heterocycles. The largest absolute Gasteiger partial charge is 0.489 e. The van der Waals surface area contributed by atoms with E-state index in [1.165, 1.54) is 22.9 Å². The van der Waals surface area contributed by atoms with Crippen LogP contribution >= 0.6 is 27.7 Å². The Morgan fingerprint density at radius 3 is 2.34 bits per heavy atom. The summed E-state index contributed by atoms with van der Waals surface area (Å²) in [5, 5.41) is 3.49. The van der Waals surface area contributed by atoms with Crippen molar-refractivity contribution in [1.82, 2.24) is 5.32 Å². The van der Waals surface area contributed by atoms with Gasteiger partial charge in [-0.15, -0.1) is 0 Å². The first-order chi connectivity index (χ1) is 15.4. The van der Waals surface area contributed by atoms with E-state index in [1.54, 1.807) is 0 Å². The van der Waals surface area contributed by atoms with Gasteiger partial charge in [0.25, 0.3) is 5.91 Å². The van der Waals surface area contributed by atoms with Crippen LogP contribution in [0.5, 0.6) is 5.75 Å². The molecule has 4 rings (SSSR count). The fraction of sp³-hybridized carbons (Fsp3) is 0.154. The molecular weight excluding hydrogens is 484 g/mol. The highest BCUT2D eigenvalue weighted by Crippen LogP contribution is 2.27. The van der Waals surface area contributed by atoms with Crippen molar-refractivity contribution >= 4 is 44.8 Å². The van der Waals surface area contributed by atoms with Crippen molar-refractivity contribution in [2.45, 2.75) is 27.0 Å². The van der Waals surface area contributed by atoms with Gasteiger partial charge < -0.3 is 10.1 Å². The van der Waals surface area contributed by atoms with Crippen molar-refractivity contribution in [3.8, 4) is 5.75 Å². The molecule has 3 aromatic rings. The zero-order valence-corrected chi connectivity index (χ0v) is 20.3. The Labute approximate surface area is 200 Å². The van der Waals surface area contributed by atoms with E-state index in [-0.39, 0.29) is 5.91 Å². The monoisotopic (exact) mass is 506 g/mol. The SMILES string of the molecule is Cc1cc(C)cc(CN=C2NC(=O)/C(=C/c3ccc(OCc4ccc(Br)cc4)cc3)S2)c1. The minimum absolute atomic E-state index is 0.121. The molecule has 1 amide bonds. The highest BCUT2D eigenvalue weighted by Gasteiger charge is 2.23. The number of amidine groups is 1. The molecule has 3 aromatic carbocycles. The molecule has 162 valence electrons. The normalized spacial score (nSPS) is 15.9. The van der Waals surface area contributed by atoms with Gasteiger partial charge in [0.05, 0.1) is 11.4 Å². The van der Waals surface area contributed by atoms with Crippen LogP contribution in [0.2, 0.25) is 0 Å². The van der Waals surface area contributed by atoms with Crippen molar-refractivity contribution in [1.29, 1.82) is 0 Å². The lowest BCUT2D eigenvalue weighted by Crippen LogP contribution is -2.19. The number of aryl methyl sites for hydroxylation is 2. The molecule has 0 radical (unpaired) electrons. The van der Waals surface area contributed by atoms with E-state index in [2.05, 4.69) is 58.3 Å². The Balaban J connectivity index is 1.36. The Hall–Kier alpha value is -2.83. The van der Waals surface area contributed by atoms with Crippen LogP contribution in [0.25, 0.3) is 6.08 Å². The molecule has 6 heteroatoms. The number of benzene rings is 3. The number of nitrogens with zero attached hydrogens (tertiary/aromatic N) is 1. The van der Waals surface area contributed by atoms with Crippen LogP contribution in [-0.4, -0.2) is 11.1 Å². The summed E-state index contributed by atoms with van der Waals surface area (Å²) in [5.74, 6) is 0.666. The maximum absolute atomic E-state index is 12.3. The average molecular weight is 507 g/mol. The Bertz CT molecular complexity index is 1170. The maximum atomic E-state index is 12.3. The van der Waals surface area contributed by atoms with E-state index < -0.39 is 0 Å². The summed E-state index contributed by atoms with van der Waals surface area (Å²) >= 11 is 4.80. The van der Waals surface area contributed by atoms with Gasteiger partial charge in [0.15, 0.2) is 5.17 Å². The zero-order chi connectivity index (χ0) is 22.5. The van der Waals surface area contributed by atoms with E-state index >= 15 is 0 Å². The van der Waals surface area contributed by atoms with Crippen molar-refractivity contribution in [2.24, 2.45) is 4.99 Å². The molecule has 0 saturated carbocycles. The first-order valence-electron chi connectivity index (χ1n) is 10.2. The maximum Gasteiger partial charge on any atom is 0.264 e. The fourth-order valence-electron chi connectivity index (χ4n) is 3.38. The van der Waals surface area contributed by atoms with Crippen molar-refractivity contribution in [3.05, 3.63) is 104 Å². The van der Waals surface area contributed by atoms with Gasteiger partial charge in [-0.2, -0.15) is 0 Å². The molecule has 4 nitrogen and oxygen atoms in total. The van der Waals surface area contributed by atoms with Crippen molar-refractivity contribution < 1.29 is 9.53 Å². The van der Waals surface area contributed by atoms with E-state index in [0.717, 1.165) is 26.9 Å². The number of carbonyl (C=O) groups is 1. The predicted molar refractivity (Wildman–Crippen MR) is 136 cm³/mol. The summed E-state index contributed by atoms with van der Waals surface area (Å²) in [6.07, 6.45) is 1.87. The van der Waals surface area contributed by atoms with Gasteiger partial charge in [0, 0.05) is 4.47 Å². The molecule has 0 bridgehead atoms. The van der Waals surface area contributed by atoms with Crippen LogP contribution in [0.3, 0.4) is 0 Å². The number of halogens is 1. The first kappa shape index (κ1) is 22.4. The van der Waals surface area contributed by atoms with Gasteiger partial charge in [0.1, 0.15) is 12.4 Å². The molecule has 0 aromatic heterocycles. The van der Waals surface area contributed by atoms with Gasteiger partial charge in [-0.1, -0.05) is 69.5 Å². The smallest absolute Gasteiger partial charge is 0.264 e. The van der Waals surface area contributed by atoms with E-state index in [4.69, 9.17) is 4.74 Å². The summed E-state index contributed by atoms with van der Waals surface area (Å²) < 4.78 is 6.89. The lowest BCUT2D eigenvalue weighted by Gasteiger charge is -2.07. The Kier molecular flexibility index (Phi) is 7.12. The number of carbonyl (C=O) groups excluding carboxylic acids is 1. The van der Waals surface area contributed by atoms with Crippen LogP contribution in [-0.2, 0) is 17.9 Å². The quantitative estimate of drug-likeness (QED) is 0.393. The van der Waals surface area contributed by atoms with Gasteiger partial charge >= 0.3 is 0 Å². The summed E-state index contributed by atoms with van der Waals surface area (Å²) in [5.41, 5.74) is 5.61. The van der Waals surface area contributed by atoms with Gasteiger partial charge in [-0.05, 0) is 72.6 Å². The fourth-order valence-corrected chi connectivity index (χ4v) is 4.47. The van der Waals surface area contributed by atoms with Gasteiger partial charge in [-0.25, -0.2) is 0 Å². The van der Waals surface area contributed by atoms with Crippen LogP contribution in [0.1, 0.15) is 27.8 Å². The number of hydrogen-bond acceptors (Lipinski definition) is 4. The summed E-state index contributed by atoms with van der Waals surface area (Å²) in [4.78, 5) is 17.6. The van der Waals surface area contributed by atoms with E-state index in [0.29, 0.717) is 23.2 Å². The molecular formula is C26H23BrN2O2S. The third kappa shape index (κ3) is 6.11. The van der Waals surface area contributed by atoms with E-state index in [1.807, 2.05) is 54.6 Å². The molecule has 0 atom stereocenters. The molecule has 0 aliphatic carbocycles. The van der Waals surface area contributed by atoms with Crippen molar-refractivity contribution in [2.75, 3.05) is 0 Å². The predicted octanol–water partition coefficient (Wildman–Crippen LogP) is 6.41. The number of rotatable bonds is 6.